The smallest absolute Gasteiger partial charge is 0.303 e. The Balaban J connectivity index is 0.00000461. The molecule has 2 atom stereocenters. The molecule has 0 aliphatic carbocycles. The Bertz CT molecular complexity index is 1930. The van der Waals surface area contributed by atoms with Gasteiger partial charge in [-0.1, -0.05) is 0 Å². The maximum absolute atomic E-state index is 11.6. The number of rotatable bonds is 8. The van der Waals surface area contributed by atoms with Crippen molar-refractivity contribution < 1.29 is 47.1 Å². The van der Waals surface area contributed by atoms with Crippen molar-refractivity contribution in [2.75, 3.05) is 0 Å². The third-order valence-electron chi connectivity index (χ3n) is 8.65. The number of carboxylic acids is 2. The Kier molecular flexibility index (Phi) is 9.89. The second-order valence-corrected chi connectivity index (χ2v) is 11.7. The van der Waals surface area contributed by atoms with Crippen LogP contribution in [0.15, 0.2) is 24.3 Å². The molecule has 241 valence electrons. The minimum atomic E-state index is -0.917. The van der Waals surface area contributed by atoms with Gasteiger partial charge in [-0.05, 0) is 112 Å². The third kappa shape index (κ3) is 6.53. The summed E-state index contributed by atoms with van der Waals surface area (Å²) in [5.74, 6) is -1.83. The van der Waals surface area contributed by atoms with E-state index in [9.17, 15) is 30.0 Å². The molecule has 0 saturated carbocycles. The molecule has 0 amide bonds. The number of fused-ring (bicyclic) bond motifs is 8. The molecule has 2 unspecified atom stereocenters. The molecule has 11 heteroatoms. The van der Waals surface area contributed by atoms with Crippen molar-refractivity contribution in [1.82, 2.24) is 19.9 Å². The predicted octanol–water partition coefficient (Wildman–Crippen LogP) is 6.11. The first-order chi connectivity index (χ1) is 20.8. The van der Waals surface area contributed by atoms with Gasteiger partial charge in [0.05, 0.1) is 35.0 Å². The van der Waals surface area contributed by atoms with Crippen LogP contribution in [0.1, 0.15) is 98.1 Å². The number of aryl methyl sites for hydroxylation is 3. The molecule has 10 nitrogen and oxygen atoms in total. The van der Waals surface area contributed by atoms with Crippen LogP contribution in [0.2, 0.25) is 0 Å². The largest absolute Gasteiger partial charge is 0.481 e. The Labute approximate surface area is 271 Å². The average molecular weight is 662 g/mol. The second kappa shape index (κ2) is 13.1. The maximum Gasteiger partial charge on any atom is 0.303 e. The number of nitrogens with one attached hydrogen (secondary N) is 2. The zero-order valence-corrected chi connectivity index (χ0v) is 27.0. The number of H-pyrrole nitrogens is 2. The molecule has 0 saturated heterocycles. The van der Waals surface area contributed by atoms with E-state index < -0.39 is 24.1 Å². The quantitative estimate of drug-likeness (QED) is 0.157. The van der Waals surface area contributed by atoms with E-state index in [0.29, 0.717) is 44.9 Å². The fraction of sp³-hybridized carbons (Fsp3) is 0.353. The molecule has 45 heavy (non-hydrogen) atoms. The van der Waals surface area contributed by atoms with E-state index in [4.69, 9.17) is 9.97 Å². The molecular formula is C34H38CuN4O6. The second-order valence-electron chi connectivity index (χ2n) is 11.7. The Morgan fingerprint density at radius 1 is 0.689 bits per heavy atom. The van der Waals surface area contributed by atoms with Crippen molar-refractivity contribution in [2.24, 2.45) is 0 Å². The molecule has 0 fully saturated rings. The third-order valence-corrected chi connectivity index (χ3v) is 8.65. The molecule has 5 heterocycles. The van der Waals surface area contributed by atoms with Gasteiger partial charge in [0.1, 0.15) is 0 Å². The maximum atomic E-state index is 11.6. The van der Waals surface area contributed by atoms with Crippen molar-refractivity contribution in [3.8, 4) is 0 Å². The summed E-state index contributed by atoms with van der Waals surface area (Å²) in [5, 5.41) is 40.5. The van der Waals surface area contributed by atoms with Gasteiger partial charge in [0.25, 0.3) is 0 Å². The number of aromatic amines is 2. The summed E-state index contributed by atoms with van der Waals surface area (Å²) in [6.07, 6.45) is -1.16. The number of carbonyl (C=O) groups is 2. The van der Waals surface area contributed by atoms with Crippen molar-refractivity contribution in [2.45, 2.75) is 79.4 Å². The molecule has 1 radical (unpaired) electrons. The monoisotopic (exact) mass is 661 g/mol. The van der Waals surface area contributed by atoms with Crippen molar-refractivity contribution in [3.63, 3.8) is 0 Å². The van der Waals surface area contributed by atoms with E-state index in [2.05, 4.69) is 9.97 Å². The molecule has 0 aromatic carbocycles. The van der Waals surface area contributed by atoms with Gasteiger partial charge in [-0.2, -0.15) is 0 Å². The van der Waals surface area contributed by atoms with Crippen molar-refractivity contribution in [3.05, 3.63) is 69.3 Å². The summed E-state index contributed by atoms with van der Waals surface area (Å²) in [7, 11) is 0. The Hall–Kier alpha value is -4.02. The fourth-order valence-electron chi connectivity index (χ4n) is 6.31. The molecule has 6 N–H and O–H groups in total. The van der Waals surface area contributed by atoms with Crippen molar-refractivity contribution in [1.29, 1.82) is 0 Å². The number of aliphatic hydroxyl groups is 2. The van der Waals surface area contributed by atoms with E-state index in [1.165, 1.54) is 0 Å². The molecule has 8 bridgehead atoms. The Morgan fingerprint density at radius 3 is 1.82 bits per heavy atom. The van der Waals surface area contributed by atoms with E-state index in [0.717, 1.165) is 44.4 Å². The molecule has 2 aliphatic heterocycles. The van der Waals surface area contributed by atoms with Gasteiger partial charge >= 0.3 is 11.9 Å². The summed E-state index contributed by atoms with van der Waals surface area (Å²) in [4.78, 5) is 39.8. The van der Waals surface area contributed by atoms with Gasteiger partial charge in [-0.25, -0.2) is 9.97 Å². The average Bonchev–Trinajstić information content (AvgIpc) is 3.59. The zero-order chi connectivity index (χ0) is 32.0. The van der Waals surface area contributed by atoms with Gasteiger partial charge in [-0.3, -0.25) is 9.59 Å². The first kappa shape index (κ1) is 33.9. The number of aliphatic carboxylic acids is 2. The normalized spacial score (nSPS) is 14.4. The number of aliphatic hydroxyl groups excluding tert-OH is 2. The molecule has 5 rings (SSSR count). The van der Waals surface area contributed by atoms with Gasteiger partial charge in [-0.15, -0.1) is 0 Å². The van der Waals surface area contributed by atoms with Crippen LogP contribution in [-0.2, 0) is 33.1 Å². The number of aromatic nitrogens is 4. The molecule has 0 spiro atoms. The number of nitrogens with zero attached hydrogens (tertiary/aromatic N) is 2. The summed E-state index contributed by atoms with van der Waals surface area (Å²) >= 11 is 0. The number of carboxylic acid groups (broad SMARTS) is 2. The minimum Gasteiger partial charge on any atom is -0.481 e. The van der Waals surface area contributed by atoms with Crippen LogP contribution in [0.3, 0.4) is 0 Å². The van der Waals surface area contributed by atoms with E-state index >= 15 is 0 Å². The number of hydrogen-bond acceptors (Lipinski definition) is 6. The van der Waals surface area contributed by atoms with Crippen LogP contribution in [0.5, 0.6) is 0 Å². The van der Waals surface area contributed by atoms with Gasteiger partial charge in [0, 0.05) is 63.1 Å². The van der Waals surface area contributed by atoms with Crippen LogP contribution in [0.25, 0.3) is 44.4 Å². The summed E-state index contributed by atoms with van der Waals surface area (Å²) in [5.41, 5.74) is 11.7. The number of allylic oxidation sites excluding steroid dienone is 3. The van der Waals surface area contributed by atoms with Crippen LogP contribution in [-0.4, -0.2) is 58.4 Å². The molecule has 3 aromatic heterocycles. The molecular weight excluding hydrogens is 624 g/mol. The van der Waals surface area contributed by atoms with E-state index in [1.807, 2.05) is 52.0 Å². The summed E-state index contributed by atoms with van der Waals surface area (Å²) < 4.78 is 0. The predicted molar refractivity (Wildman–Crippen MR) is 171 cm³/mol. The van der Waals surface area contributed by atoms with E-state index in [1.54, 1.807) is 13.8 Å². The zero-order valence-electron chi connectivity index (χ0n) is 26.1. The fourth-order valence-corrected chi connectivity index (χ4v) is 6.31. The number of hydrogen-bond donors (Lipinski definition) is 6. The first-order valence-corrected chi connectivity index (χ1v) is 14.7. The van der Waals surface area contributed by atoms with Crippen LogP contribution < -0.4 is 0 Å². The Morgan fingerprint density at radius 2 is 1.20 bits per heavy atom. The van der Waals surface area contributed by atoms with E-state index in [-0.39, 0.29) is 42.8 Å². The minimum absolute atomic E-state index is 0. The van der Waals surface area contributed by atoms with Gasteiger partial charge in [0.15, 0.2) is 0 Å². The standard InChI is InChI=1S/C34H38N4O6.Cu/c1-15-21(7-9-31(41)42)27-14-28-22(8-10-32(43)44)16(2)24(36-28)12-29-34(20(6)40)18(4)26(38-29)13-30-33(19(5)39)17(3)25(37-30)11-23(15)35-27;/h11-14,19-20,35,38-40H,7-10H2,1-6H3,(H,41,42)(H,43,44);. The molecule has 3 aromatic rings. The summed E-state index contributed by atoms with van der Waals surface area (Å²) in [6, 6.07) is 7.51. The van der Waals surface area contributed by atoms with Crippen LogP contribution in [0.4, 0.5) is 0 Å². The topological polar surface area (TPSA) is 172 Å². The first-order valence-electron chi connectivity index (χ1n) is 14.7. The van der Waals surface area contributed by atoms with Crippen LogP contribution in [0, 0.1) is 13.8 Å². The van der Waals surface area contributed by atoms with Crippen LogP contribution >= 0.6 is 0 Å². The SMILES string of the molecule is CC1=C(CCC(=O)O)c2cc3[nH]c(cc4nc(cc5[nH]c(cc1n2)c(C(C)O)c5C)C(C(C)O)=C4C)c(C)c3CCC(=O)O.[Cu]. The summed E-state index contributed by atoms with van der Waals surface area (Å²) in [6.45, 7) is 11.1. The molecule has 2 aliphatic rings. The van der Waals surface area contributed by atoms with Crippen molar-refractivity contribution >= 4 is 56.3 Å². The van der Waals surface area contributed by atoms with Gasteiger partial charge in [0.2, 0.25) is 0 Å². The van der Waals surface area contributed by atoms with Gasteiger partial charge < -0.3 is 30.4 Å².